The van der Waals surface area contributed by atoms with Gasteiger partial charge in [-0.2, -0.15) is 0 Å². The van der Waals surface area contributed by atoms with E-state index >= 15 is 0 Å². The van der Waals surface area contributed by atoms with Gasteiger partial charge in [0.05, 0.1) is 35.3 Å². The zero-order valence-corrected chi connectivity index (χ0v) is 33.1. The third-order valence-electron chi connectivity index (χ3n) is 9.51. The molecule has 2 N–H and O–H groups in total. The maximum Gasteiger partial charge on any atom is 0.306 e. The Morgan fingerprint density at radius 1 is 0.534 bits per heavy atom. The van der Waals surface area contributed by atoms with Crippen LogP contribution >= 0.6 is 0 Å². The van der Waals surface area contributed by atoms with Crippen LogP contribution < -0.4 is 20.1 Å². The molecule has 0 fully saturated rings. The molecular weight excluding hydrogens is 737 g/mol. The van der Waals surface area contributed by atoms with E-state index in [9.17, 15) is 19.2 Å². The average molecular weight is 783 g/mol. The molecule has 0 radical (unpaired) electrons. The number of aromatic nitrogens is 2. The van der Waals surface area contributed by atoms with Gasteiger partial charge in [0.15, 0.2) is 11.6 Å². The van der Waals surface area contributed by atoms with E-state index in [1.807, 2.05) is 100 Å². The zero-order chi connectivity index (χ0) is 41.0. The van der Waals surface area contributed by atoms with Gasteiger partial charge < -0.3 is 29.6 Å². The Morgan fingerprint density at radius 3 is 1.34 bits per heavy atom. The van der Waals surface area contributed by atoms with Crippen molar-refractivity contribution in [2.24, 2.45) is 0 Å². The van der Waals surface area contributed by atoms with Gasteiger partial charge >= 0.3 is 11.9 Å². The second-order valence-electron chi connectivity index (χ2n) is 13.5. The molecule has 298 valence electrons. The number of anilines is 4. The molecule has 0 atom stereocenters. The maximum atomic E-state index is 12.9. The van der Waals surface area contributed by atoms with Gasteiger partial charge in [0.1, 0.15) is 49.0 Å². The molecule has 6 aromatic rings. The summed E-state index contributed by atoms with van der Waals surface area (Å²) in [5.74, 6) is -0.282. The van der Waals surface area contributed by atoms with E-state index in [1.165, 1.54) is 0 Å². The predicted octanol–water partition coefficient (Wildman–Crippen LogP) is 9.40. The molecule has 2 aromatic heterocycles. The van der Waals surface area contributed by atoms with Crippen molar-refractivity contribution in [1.29, 1.82) is 0 Å². The minimum absolute atomic E-state index is 0.0398. The van der Waals surface area contributed by atoms with E-state index < -0.39 is 11.9 Å². The van der Waals surface area contributed by atoms with Crippen molar-refractivity contribution in [3.8, 4) is 11.5 Å². The van der Waals surface area contributed by atoms with E-state index in [4.69, 9.17) is 18.9 Å². The number of hydrogen-bond donors (Lipinski definition) is 2. The molecule has 0 aliphatic heterocycles. The number of Topliss-reactive ketones (excluding diaryl/α,β-unsaturated/α-hetero) is 2. The molecule has 2 heterocycles. The van der Waals surface area contributed by atoms with Crippen molar-refractivity contribution < 1.29 is 38.1 Å². The van der Waals surface area contributed by atoms with Crippen molar-refractivity contribution in [1.82, 2.24) is 9.97 Å². The lowest BCUT2D eigenvalue weighted by Crippen LogP contribution is -2.16. The van der Waals surface area contributed by atoms with E-state index in [-0.39, 0.29) is 50.8 Å². The first-order valence-electron chi connectivity index (χ1n) is 19.3. The highest BCUT2D eigenvalue weighted by Gasteiger charge is 2.19. The Kier molecular flexibility index (Phi) is 13.6. The zero-order valence-electron chi connectivity index (χ0n) is 33.1. The van der Waals surface area contributed by atoms with Crippen LogP contribution in [0, 0.1) is 13.8 Å². The van der Waals surface area contributed by atoms with Crippen molar-refractivity contribution >= 4 is 68.1 Å². The van der Waals surface area contributed by atoms with Crippen molar-refractivity contribution in [3.63, 3.8) is 0 Å². The van der Waals surface area contributed by atoms with Crippen LogP contribution in [0.2, 0.25) is 0 Å². The Hall–Kier alpha value is -6.82. The molecule has 12 heteroatoms. The number of benzene rings is 4. The quantitative estimate of drug-likeness (QED) is 0.0457. The van der Waals surface area contributed by atoms with Crippen LogP contribution in [-0.4, -0.2) is 59.9 Å². The predicted molar refractivity (Wildman–Crippen MR) is 224 cm³/mol. The lowest BCUT2D eigenvalue weighted by molar-refractivity contribution is -0.151. The van der Waals surface area contributed by atoms with E-state index in [2.05, 4.69) is 20.6 Å². The van der Waals surface area contributed by atoms with Crippen molar-refractivity contribution in [2.75, 3.05) is 37.1 Å². The summed E-state index contributed by atoms with van der Waals surface area (Å²) in [7, 11) is 0. The molecule has 0 spiro atoms. The van der Waals surface area contributed by atoms with Crippen LogP contribution in [0.15, 0.2) is 97.3 Å². The van der Waals surface area contributed by atoms with Crippen LogP contribution in [-0.2, 0) is 19.1 Å². The molecule has 0 aliphatic carbocycles. The topological polar surface area (TPSA) is 155 Å². The number of nitrogens with zero attached hydrogens (tertiary/aromatic N) is 2. The van der Waals surface area contributed by atoms with Crippen LogP contribution in [0.25, 0.3) is 21.8 Å². The standard InChI is InChI=1S/C46H46N4O8/c1-5-37(51)33-27-47-45-31(43(33)49-35-17-9-7-13-29(35)3)15-11-19-39(45)55-23-25-57-41(53)21-22-42(54)58-26-24-56-40-20-12-16-32-44(50-36-18-10-8-14-30(36)4)34(38(52)6-2)28-48-46(32)40/h7-20,27-28H,5-6,21-26H2,1-4H3,(H,47,49)(H,48,50). The molecule has 0 unspecified atom stereocenters. The van der Waals surface area contributed by atoms with Gasteiger partial charge in [-0.05, 0) is 49.2 Å². The summed E-state index contributed by atoms with van der Waals surface area (Å²) in [6.45, 7) is 7.60. The molecule has 12 nitrogen and oxygen atoms in total. The largest absolute Gasteiger partial charge is 0.488 e. The first kappa shape index (κ1) is 40.8. The van der Waals surface area contributed by atoms with Gasteiger partial charge in [0.25, 0.3) is 0 Å². The molecule has 0 aliphatic rings. The summed E-state index contributed by atoms with van der Waals surface area (Å²) in [6, 6.07) is 26.5. The number of rotatable bonds is 19. The fourth-order valence-corrected chi connectivity index (χ4v) is 6.36. The highest BCUT2D eigenvalue weighted by Crippen LogP contribution is 2.36. The molecule has 4 aromatic carbocycles. The number of fused-ring (bicyclic) bond motifs is 2. The van der Waals surface area contributed by atoms with Gasteiger partial charge in [0.2, 0.25) is 0 Å². The monoisotopic (exact) mass is 782 g/mol. The number of ether oxygens (including phenoxy) is 4. The van der Waals surface area contributed by atoms with Crippen LogP contribution in [0.3, 0.4) is 0 Å². The van der Waals surface area contributed by atoms with Crippen molar-refractivity contribution in [2.45, 2.75) is 53.4 Å². The van der Waals surface area contributed by atoms with E-state index in [0.29, 0.717) is 68.6 Å². The summed E-state index contributed by atoms with van der Waals surface area (Å²) < 4.78 is 22.5. The maximum absolute atomic E-state index is 12.9. The van der Waals surface area contributed by atoms with E-state index in [1.54, 1.807) is 24.5 Å². The third kappa shape index (κ3) is 9.76. The second-order valence-corrected chi connectivity index (χ2v) is 13.5. The number of hydrogen-bond acceptors (Lipinski definition) is 12. The summed E-state index contributed by atoms with van der Waals surface area (Å²) in [5, 5.41) is 8.30. The number of nitrogens with one attached hydrogen (secondary N) is 2. The SMILES string of the molecule is CCC(=O)c1cnc2c(OCCOC(=O)CCC(=O)OCCOc3cccc4c(Nc5ccccc5C)c(C(=O)CC)cnc34)cccc2c1Nc1ccccc1C. The molecule has 6 rings (SSSR count). The molecular formula is C46H46N4O8. The summed E-state index contributed by atoms with van der Waals surface area (Å²) in [6.07, 6.45) is 3.44. The van der Waals surface area contributed by atoms with Crippen LogP contribution in [0.1, 0.15) is 71.4 Å². The van der Waals surface area contributed by atoms with Gasteiger partial charge in [-0.25, -0.2) is 0 Å². The Labute approximate surface area is 336 Å². The Morgan fingerprint density at radius 2 is 0.948 bits per heavy atom. The summed E-state index contributed by atoms with van der Waals surface area (Å²) in [4.78, 5) is 59.7. The van der Waals surface area contributed by atoms with Gasteiger partial charge in [-0.15, -0.1) is 0 Å². The van der Waals surface area contributed by atoms with Gasteiger partial charge in [0, 0.05) is 47.4 Å². The normalized spacial score (nSPS) is 10.9. The van der Waals surface area contributed by atoms with Gasteiger partial charge in [-0.3, -0.25) is 29.1 Å². The van der Waals surface area contributed by atoms with Gasteiger partial charge in [-0.1, -0.05) is 74.5 Å². The fourth-order valence-electron chi connectivity index (χ4n) is 6.36. The number of ketones is 2. The van der Waals surface area contributed by atoms with Crippen LogP contribution in [0.4, 0.5) is 22.7 Å². The summed E-state index contributed by atoms with van der Waals surface area (Å²) in [5.41, 5.74) is 7.16. The lowest BCUT2D eigenvalue weighted by atomic mass is 10.0. The number of aryl methyl sites for hydroxylation is 2. The number of pyridine rings is 2. The molecule has 0 saturated heterocycles. The van der Waals surface area contributed by atoms with E-state index in [0.717, 1.165) is 22.5 Å². The Bertz CT molecular complexity index is 2290. The lowest BCUT2D eigenvalue weighted by Gasteiger charge is -2.17. The number of carbonyl (C=O) groups excluding carboxylic acids is 4. The molecule has 0 saturated carbocycles. The number of esters is 2. The first-order chi connectivity index (χ1) is 28.2. The Balaban J connectivity index is 0.978. The third-order valence-corrected chi connectivity index (χ3v) is 9.51. The number of para-hydroxylation sites is 4. The highest BCUT2D eigenvalue weighted by molar-refractivity contribution is 6.11. The second kappa shape index (κ2) is 19.4. The minimum Gasteiger partial charge on any atom is -0.488 e. The minimum atomic E-state index is -0.571. The number of carbonyl (C=O) groups is 4. The average Bonchev–Trinajstić information content (AvgIpc) is 3.24. The fraction of sp³-hybridized carbons (Fsp3) is 0.261. The van der Waals surface area contributed by atoms with Crippen LogP contribution in [0.5, 0.6) is 11.5 Å². The molecule has 0 amide bonds. The highest BCUT2D eigenvalue weighted by atomic mass is 16.6. The first-order valence-corrected chi connectivity index (χ1v) is 19.3. The molecule has 58 heavy (non-hydrogen) atoms. The molecule has 0 bridgehead atoms. The smallest absolute Gasteiger partial charge is 0.306 e. The summed E-state index contributed by atoms with van der Waals surface area (Å²) >= 11 is 0. The van der Waals surface area contributed by atoms with Crippen molar-refractivity contribution in [3.05, 3.63) is 120 Å².